The van der Waals surface area contributed by atoms with Gasteiger partial charge in [-0.15, -0.1) is 0 Å². The Morgan fingerprint density at radius 2 is 1.79 bits per heavy atom. The molecular formula is C42H37N7O4. The van der Waals surface area contributed by atoms with Crippen molar-refractivity contribution in [1.29, 1.82) is 0 Å². The number of anilines is 1. The molecule has 1 atom stereocenters. The Kier molecular flexibility index (Phi) is 9.52. The van der Waals surface area contributed by atoms with Crippen molar-refractivity contribution in [2.45, 2.75) is 45.6 Å². The monoisotopic (exact) mass is 703 g/mol. The minimum Gasteiger partial charge on any atom is -0.374 e. The average molecular weight is 704 g/mol. The number of carbonyl (C=O) groups is 3. The second-order valence-corrected chi connectivity index (χ2v) is 13.4. The van der Waals surface area contributed by atoms with E-state index in [9.17, 15) is 19.2 Å². The number of aryl methyl sites for hydroxylation is 2. The molecule has 53 heavy (non-hydrogen) atoms. The van der Waals surface area contributed by atoms with Crippen LogP contribution >= 0.6 is 0 Å². The van der Waals surface area contributed by atoms with Gasteiger partial charge in [-0.25, -0.2) is 4.98 Å². The molecule has 0 radical (unpaired) electrons. The zero-order valence-electron chi connectivity index (χ0n) is 29.8. The van der Waals surface area contributed by atoms with E-state index in [1.165, 1.54) is 0 Å². The average Bonchev–Trinajstić information content (AvgIpc) is 3.16. The maximum atomic E-state index is 12.8. The van der Waals surface area contributed by atoms with Crippen LogP contribution in [0.3, 0.4) is 0 Å². The number of imide groups is 1. The predicted octanol–water partition coefficient (Wildman–Crippen LogP) is 5.64. The molecule has 264 valence electrons. The van der Waals surface area contributed by atoms with Crippen LogP contribution in [0, 0.1) is 18.8 Å². The van der Waals surface area contributed by atoms with Crippen molar-refractivity contribution in [1.82, 2.24) is 30.2 Å². The van der Waals surface area contributed by atoms with E-state index in [2.05, 4.69) is 58.8 Å². The Balaban J connectivity index is 1.05. The Bertz CT molecular complexity index is 2560. The summed E-state index contributed by atoms with van der Waals surface area (Å²) < 4.78 is 1.62. The first-order valence-electron chi connectivity index (χ1n) is 17.4. The first-order chi connectivity index (χ1) is 25.5. The maximum absolute atomic E-state index is 12.8. The van der Waals surface area contributed by atoms with Gasteiger partial charge in [-0.05, 0) is 84.3 Å². The number of hydrogen-bond donors (Lipinski definition) is 3. The molecule has 7 rings (SSSR count). The molecule has 0 aliphatic carbocycles. The third-order valence-electron chi connectivity index (χ3n) is 9.33. The molecule has 3 amide bonds. The summed E-state index contributed by atoms with van der Waals surface area (Å²) in [6, 6.07) is 22.5. The molecule has 0 saturated carbocycles. The fourth-order valence-corrected chi connectivity index (χ4v) is 6.44. The molecule has 11 heteroatoms. The maximum Gasteiger partial charge on any atom is 0.270 e. The SMILES string of the molecule is Cc1cc2c(-c3cccc4cc(-c5ccc(C(=O)NCC#Cc6cccc(NC7CCC(=O)NC7=O)c6)nc5)ncc34)cc(C(C)C)nc2n(C)c1=O. The number of aromatic nitrogens is 4. The third kappa shape index (κ3) is 7.25. The van der Waals surface area contributed by atoms with Gasteiger partial charge in [0, 0.05) is 64.7 Å². The molecule has 5 heterocycles. The van der Waals surface area contributed by atoms with Gasteiger partial charge in [0.05, 0.1) is 12.2 Å². The second-order valence-electron chi connectivity index (χ2n) is 13.4. The van der Waals surface area contributed by atoms with E-state index in [0.29, 0.717) is 28.9 Å². The molecule has 0 bridgehead atoms. The van der Waals surface area contributed by atoms with Crippen LogP contribution in [0.25, 0.3) is 44.2 Å². The molecule has 3 N–H and O–H groups in total. The molecule has 11 nitrogen and oxygen atoms in total. The van der Waals surface area contributed by atoms with E-state index in [0.717, 1.165) is 44.2 Å². The molecule has 1 unspecified atom stereocenters. The Hall–Kier alpha value is -6.67. The van der Waals surface area contributed by atoms with E-state index in [1.807, 2.05) is 67.7 Å². The van der Waals surface area contributed by atoms with Gasteiger partial charge in [0.25, 0.3) is 11.5 Å². The largest absolute Gasteiger partial charge is 0.374 e. The molecule has 2 aromatic carbocycles. The van der Waals surface area contributed by atoms with Gasteiger partial charge in [0.1, 0.15) is 17.4 Å². The van der Waals surface area contributed by atoms with Gasteiger partial charge in [0.2, 0.25) is 11.8 Å². The third-order valence-corrected chi connectivity index (χ3v) is 9.33. The molecule has 4 aromatic heterocycles. The number of nitrogens with one attached hydrogen (secondary N) is 3. The van der Waals surface area contributed by atoms with Gasteiger partial charge < -0.3 is 10.6 Å². The van der Waals surface area contributed by atoms with E-state index >= 15 is 0 Å². The molecule has 1 fully saturated rings. The topological polar surface area (TPSA) is 148 Å². The summed E-state index contributed by atoms with van der Waals surface area (Å²) in [6.45, 7) is 6.12. The van der Waals surface area contributed by atoms with Crippen LogP contribution in [-0.4, -0.2) is 49.8 Å². The summed E-state index contributed by atoms with van der Waals surface area (Å²) in [5, 5.41) is 11.1. The molecule has 1 aliphatic rings. The summed E-state index contributed by atoms with van der Waals surface area (Å²) >= 11 is 0. The zero-order chi connectivity index (χ0) is 37.2. The van der Waals surface area contributed by atoms with Crippen LogP contribution < -0.4 is 21.5 Å². The van der Waals surface area contributed by atoms with Crippen LogP contribution in [-0.2, 0) is 16.6 Å². The number of piperidine rings is 1. The van der Waals surface area contributed by atoms with E-state index in [-0.39, 0.29) is 47.9 Å². The lowest BCUT2D eigenvalue weighted by Gasteiger charge is -2.22. The first-order valence-corrected chi connectivity index (χ1v) is 17.4. The molecule has 6 aromatic rings. The number of fused-ring (bicyclic) bond motifs is 2. The van der Waals surface area contributed by atoms with Crippen LogP contribution in [0.1, 0.15) is 59.9 Å². The van der Waals surface area contributed by atoms with E-state index in [1.54, 1.807) is 23.9 Å². The summed E-state index contributed by atoms with van der Waals surface area (Å²) in [6.07, 6.45) is 4.21. The van der Waals surface area contributed by atoms with Crippen molar-refractivity contribution >= 4 is 45.2 Å². The summed E-state index contributed by atoms with van der Waals surface area (Å²) in [7, 11) is 1.77. The number of benzene rings is 2. The van der Waals surface area contributed by atoms with Gasteiger partial charge in [0.15, 0.2) is 0 Å². The van der Waals surface area contributed by atoms with Gasteiger partial charge >= 0.3 is 0 Å². The summed E-state index contributed by atoms with van der Waals surface area (Å²) in [4.78, 5) is 63.2. The van der Waals surface area contributed by atoms with Crippen LogP contribution in [0.15, 0.2) is 90.0 Å². The van der Waals surface area contributed by atoms with Crippen LogP contribution in [0.2, 0.25) is 0 Å². The standard InChI is InChI=1S/C42H37N7O4/c1-24(2)36-21-31(32-18-25(3)42(53)49(4)39(32)47-36)30-12-6-10-27-20-37(45-23-33(27)30)28-13-14-34(44-22-28)40(51)43-17-7-9-26-8-5-11-29(19-26)46-35-15-16-38(50)48-41(35)52/h5-6,8,10-14,18-24,35,46H,15-17H2,1-4H3,(H,43,51)(H,48,50,52). The minimum atomic E-state index is -0.486. The number of carbonyl (C=O) groups excluding carboxylic acids is 3. The Labute approximate surface area is 305 Å². The highest BCUT2D eigenvalue weighted by atomic mass is 16.2. The van der Waals surface area contributed by atoms with Crippen molar-refractivity contribution in [3.05, 3.63) is 118 Å². The predicted molar refractivity (Wildman–Crippen MR) is 205 cm³/mol. The minimum absolute atomic E-state index is 0.0621. The van der Waals surface area contributed by atoms with E-state index < -0.39 is 6.04 Å². The quantitative estimate of drug-likeness (QED) is 0.143. The first kappa shape index (κ1) is 34.8. The number of nitrogens with zero attached hydrogens (tertiary/aromatic N) is 4. The lowest BCUT2D eigenvalue weighted by Crippen LogP contribution is -2.47. The lowest BCUT2D eigenvalue weighted by molar-refractivity contribution is -0.133. The van der Waals surface area contributed by atoms with Gasteiger partial charge in [-0.1, -0.05) is 50.0 Å². The molecule has 1 aliphatic heterocycles. The number of rotatable bonds is 7. The van der Waals surface area contributed by atoms with Crippen molar-refractivity contribution < 1.29 is 14.4 Å². The highest BCUT2D eigenvalue weighted by Crippen LogP contribution is 2.36. The van der Waals surface area contributed by atoms with Crippen molar-refractivity contribution in [3.8, 4) is 34.2 Å². The van der Waals surface area contributed by atoms with Crippen molar-refractivity contribution in [2.75, 3.05) is 11.9 Å². The summed E-state index contributed by atoms with van der Waals surface area (Å²) in [5.41, 5.74) is 7.31. The number of pyridine rings is 4. The van der Waals surface area contributed by atoms with Crippen LogP contribution in [0.4, 0.5) is 5.69 Å². The number of hydrogen-bond acceptors (Lipinski definition) is 8. The Morgan fingerprint density at radius 3 is 2.57 bits per heavy atom. The number of amides is 3. The Morgan fingerprint density at radius 1 is 0.962 bits per heavy atom. The van der Waals surface area contributed by atoms with Crippen molar-refractivity contribution in [3.63, 3.8) is 0 Å². The lowest BCUT2D eigenvalue weighted by atomic mass is 9.94. The van der Waals surface area contributed by atoms with E-state index in [4.69, 9.17) is 9.97 Å². The van der Waals surface area contributed by atoms with Crippen LogP contribution in [0.5, 0.6) is 0 Å². The molecule has 1 saturated heterocycles. The highest BCUT2D eigenvalue weighted by molar-refractivity contribution is 6.05. The van der Waals surface area contributed by atoms with Crippen molar-refractivity contribution in [2.24, 2.45) is 7.05 Å². The summed E-state index contributed by atoms with van der Waals surface area (Å²) in [5.74, 6) is 5.19. The normalized spacial score (nSPS) is 14.2. The smallest absolute Gasteiger partial charge is 0.270 e. The second kappa shape index (κ2) is 14.5. The zero-order valence-corrected chi connectivity index (χ0v) is 29.8. The molecule has 0 spiro atoms. The van der Waals surface area contributed by atoms with Gasteiger partial charge in [-0.2, -0.15) is 0 Å². The molecular weight excluding hydrogens is 667 g/mol. The fourth-order valence-electron chi connectivity index (χ4n) is 6.44. The van der Waals surface area contributed by atoms with Gasteiger partial charge in [-0.3, -0.25) is 39.0 Å². The highest BCUT2D eigenvalue weighted by Gasteiger charge is 2.26. The fraction of sp³-hybridized carbons (Fsp3) is 0.214.